The molecule has 0 radical (unpaired) electrons. The van der Waals surface area contributed by atoms with Crippen LogP contribution < -0.4 is 20.7 Å². The second-order valence-corrected chi connectivity index (χ2v) is 16.8. The number of rotatable bonds is 10. The molecule has 4 rings (SSSR count). The van der Waals surface area contributed by atoms with Gasteiger partial charge in [-0.3, -0.25) is 0 Å². The molecule has 0 aliphatic heterocycles. The summed E-state index contributed by atoms with van der Waals surface area (Å²) in [4.78, 5) is 19.1. The second-order valence-electron chi connectivity index (χ2n) is 12.0. The van der Waals surface area contributed by atoms with Crippen molar-refractivity contribution >= 4 is 37.4 Å². The van der Waals surface area contributed by atoms with Crippen LogP contribution >= 0.6 is 0 Å². The van der Waals surface area contributed by atoms with Crippen molar-refractivity contribution < 1.29 is 19.1 Å². The Morgan fingerprint density at radius 2 is 1.85 bits per heavy atom. The van der Waals surface area contributed by atoms with E-state index in [1.54, 1.807) is 41.0 Å². The van der Waals surface area contributed by atoms with Crippen LogP contribution in [0.15, 0.2) is 36.5 Å². The smallest absolute Gasteiger partial charge is 0.417 e. The molecule has 0 atom stereocenters. The zero-order valence-electron chi connectivity index (χ0n) is 24.6. The minimum atomic E-state index is -2.03. The van der Waals surface area contributed by atoms with Gasteiger partial charge in [-0.1, -0.05) is 20.8 Å². The summed E-state index contributed by atoms with van der Waals surface area (Å²) in [5.74, 6) is 1.77. The van der Waals surface area contributed by atoms with Crippen molar-refractivity contribution in [1.29, 1.82) is 0 Å². The third-order valence-corrected chi connectivity index (χ3v) is 12.7. The predicted octanol–water partition coefficient (Wildman–Crippen LogP) is 6.19. The minimum Gasteiger partial charge on any atom is -0.494 e. The molecule has 40 heavy (non-hydrogen) atoms. The van der Waals surface area contributed by atoms with Crippen molar-refractivity contribution in [2.24, 2.45) is 5.73 Å². The minimum absolute atomic E-state index is 0.0529. The number of hydrogen-bond donors (Lipinski definition) is 3. The summed E-state index contributed by atoms with van der Waals surface area (Å²) >= 11 is 0. The average molecular weight is 569 g/mol. The van der Waals surface area contributed by atoms with Crippen molar-refractivity contribution in [2.45, 2.75) is 90.0 Å². The highest BCUT2D eigenvalue weighted by Gasteiger charge is 2.37. The van der Waals surface area contributed by atoms with E-state index in [4.69, 9.17) is 19.9 Å². The first-order valence-electron chi connectivity index (χ1n) is 14.2. The van der Waals surface area contributed by atoms with Gasteiger partial charge in [-0.2, -0.15) is 9.61 Å². The first kappa shape index (κ1) is 29.8. The molecule has 1 saturated carbocycles. The highest BCUT2D eigenvalue weighted by atomic mass is 28.4. The molecule has 11 heteroatoms. The van der Waals surface area contributed by atoms with Crippen molar-refractivity contribution in [3.8, 4) is 5.75 Å². The number of nitrogens with one attached hydrogen (secondary N) is 1. The van der Waals surface area contributed by atoms with Gasteiger partial charge in [0.1, 0.15) is 11.6 Å². The third kappa shape index (κ3) is 6.59. The molecular formula is C29H44N6O4Si. The Hall–Kier alpha value is -3.15. The van der Waals surface area contributed by atoms with Gasteiger partial charge in [0.2, 0.25) is 0 Å². The standard InChI is InChI=1S/C29H44N6O4Si/c1-7-38-23-14-12-22(13-15-23)34(28(36)37)27-24(17-19-39-40(5,6)29(2,3)4)26(33-25-16-18-31-35(25)27)32-21-10-8-20(30)9-11-21/h12-16,18,20-21H,7-11,17,19,30H2,1-6H3,(H,32,33)(H,36,37). The lowest BCUT2D eigenvalue weighted by molar-refractivity contribution is 0.204. The number of anilines is 3. The van der Waals surface area contributed by atoms with Crippen LogP contribution in [0.5, 0.6) is 5.75 Å². The van der Waals surface area contributed by atoms with Crippen molar-refractivity contribution in [2.75, 3.05) is 23.4 Å². The summed E-state index contributed by atoms with van der Waals surface area (Å²) in [6, 6.07) is 9.27. The quantitative estimate of drug-likeness (QED) is 0.247. The second kappa shape index (κ2) is 12.2. The van der Waals surface area contributed by atoms with Gasteiger partial charge in [-0.15, -0.1) is 0 Å². The molecule has 2 aromatic heterocycles. The average Bonchev–Trinajstić information content (AvgIpc) is 3.35. The van der Waals surface area contributed by atoms with Crippen molar-refractivity contribution in [3.63, 3.8) is 0 Å². The monoisotopic (exact) mass is 568 g/mol. The number of fused-ring (bicyclic) bond motifs is 1. The zero-order valence-corrected chi connectivity index (χ0v) is 25.6. The summed E-state index contributed by atoms with van der Waals surface area (Å²) < 4.78 is 13.7. The van der Waals surface area contributed by atoms with E-state index in [1.807, 2.05) is 6.92 Å². The number of amides is 1. The Balaban J connectivity index is 1.81. The van der Waals surface area contributed by atoms with E-state index in [0.717, 1.165) is 31.2 Å². The lowest BCUT2D eigenvalue weighted by Gasteiger charge is -2.36. The number of carboxylic acid groups (broad SMARTS) is 1. The highest BCUT2D eigenvalue weighted by Crippen LogP contribution is 2.38. The van der Waals surface area contributed by atoms with Crippen LogP contribution in [0.4, 0.5) is 22.1 Å². The lowest BCUT2D eigenvalue weighted by atomic mass is 9.91. The lowest BCUT2D eigenvalue weighted by Crippen LogP contribution is -2.41. The molecule has 1 aromatic carbocycles. The maximum atomic E-state index is 12.9. The fraction of sp³-hybridized carbons (Fsp3) is 0.552. The van der Waals surface area contributed by atoms with Crippen LogP contribution in [0.25, 0.3) is 5.65 Å². The molecule has 0 spiro atoms. The molecule has 10 nitrogen and oxygen atoms in total. The van der Waals surface area contributed by atoms with Crippen molar-refractivity contribution in [3.05, 3.63) is 42.1 Å². The first-order chi connectivity index (χ1) is 18.9. The van der Waals surface area contributed by atoms with E-state index in [0.29, 0.717) is 48.4 Å². The van der Waals surface area contributed by atoms with Crippen LogP contribution in [0.2, 0.25) is 18.1 Å². The van der Waals surface area contributed by atoms with E-state index in [1.165, 1.54) is 4.90 Å². The number of hydrogen-bond acceptors (Lipinski definition) is 7. The van der Waals surface area contributed by atoms with Gasteiger partial charge in [0.05, 0.1) is 18.5 Å². The normalized spacial score (nSPS) is 18.1. The van der Waals surface area contributed by atoms with Crippen LogP contribution in [-0.2, 0) is 10.8 Å². The van der Waals surface area contributed by atoms with Gasteiger partial charge in [0.15, 0.2) is 19.8 Å². The van der Waals surface area contributed by atoms with E-state index < -0.39 is 14.4 Å². The highest BCUT2D eigenvalue weighted by molar-refractivity contribution is 6.74. The van der Waals surface area contributed by atoms with Crippen LogP contribution in [0.1, 0.15) is 58.9 Å². The molecular weight excluding hydrogens is 524 g/mol. The Labute approximate surface area is 238 Å². The van der Waals surface area contributed by atoms with E-state index in [9.17, 15) is 9.90 Å². The van der Waals surface area contributed by atoms with Gasteiger partial charge in [-0.05, 0) is 75.0 Å². The molecule has 2 heterocycles. The van der Waals surface area contributed by atoms with Crippen LogP contribution in [0, 0.1) is 0 Å². The number of nitrogens with two attached hydrogens (primary N) is 1. The van der Waals surface area contributed by atoms with Crippen LogP contribution in [-0.4, -0.2) is 59.4 Å². The molecule has 0 bridgehead atoms. The number of nitrogens with zero attached hydrogens (tertiary/aromatic N) is 4. The first-order valence-corrected chi connectivity index (χ1v) is 17.1. The summed E-state index contributed by atoms with van der Waals surface area (Å²) in [7, 11) is -2.03. The Morgan fingerprint density at radius 3 is 2.45 bits per heavy atom. The van der Waals surface area contributed by atoms with Gasteiger partial charge < -0.3 is 25.3 Å². The maximum Gasteiger partial charge on any atom is 0.417 e. The van der Waals surface area contributed by atoms with E-state index in [-0.39, 0.29) is 17.1 Å². The zero-order chi connectivity index (χ0) is 29.1. The predicted molar refractivity (Wildman–Crippen MR) is 161 cm³/mol. The topological polar surface area (TPSA) is 127 Å². The van der Waals surface area contributed by atoms with E-state index >= 15 is 0 Å². The van der Waals surface area contributed by atoms with Gasteiger partial charge in [0.25, 0.3) is 0 Å². The number of aromatic nitrogens is 3. The summed E-state index contributed by atoms with van der Waals surface area (Å²) in [6.07, 6.45) is 4.75. The van der Waals surface area contributed by atoms with Gasteiger partial charge in [-0.25, -0.2) is 14.7 Å². The summed E-state index contributed by atoms with van der Waals surface area (Å²) in [5.41, 5.74) is 7.97. The largest absolute Gasteiger partial charge is 0.494 e. The maximum absolute atomic E-state index is 12.9. The molecule has 3 aromatic rings. The molecule has 1 aliphatic rings. The van der Waals surface area contributed by atoms with Crippen LogP contribution in [0.3, 0.4) is 0 Å². The van der Waals surface area contributed by atoms with Gasteiger partial charge >= 0.3 is 6.09 Å². The van der Waals surface area contributed by atoms with E-state index in [2.05, 4.69) is 44.3 Å². The molecule has 218 valence electrons. The molecule has 1 aliphatic carbocycles. The molecule has 1 fully saturated rings. The van der Waals surface area contributed by atoms with Crippen molar-refractivity contribution in [1.82, 2.24) is 14.6 Å². The Bertz CT molecular complexity index is 1300. The fourth-order valence-corrected chi connectivity index (χ4v) is 5.85. The molecule has 0 unspecified atom stereocenters. The van der Waals surface area contributed by atoms with Gasteiger partial charge in [0, 0.05) is 36.7 Å². The summed E-state index contributed by atoms with van der Waals surface area (Å²) in [6.45, 7) is 13.9. The Kier molecular flexibility index (Phi) is 9.06. The summed E-state index contributed by atoms with van der Waals surface area (Å²) in [5, 5.41) is 18.8. The Morgan fingerprint density at radius 1 is 1.18 bits per heavy atom. The molecule has 4 N–H and O–H groups in total. The molecule has 1 amide bonds. The third-order valence-electron chi connectivity index (χ3n) is 8.15. The number of benzene rings is 1. The number of carbonyl (C=O) groups is 1. The number of ether oxygens (including phenoxy) is 1. The molecule has 0 saturated heterocycles. The fourth-order valence-electron chi connectivity index (χ4n) is 4.80. The SMILES string of the molecule is CCOc1ccc(N(C(=O)O)c2c(CCO[Si](C)(C)C(C)(C)C)c(NC3CCC(N)CC3)nc3ccnn23)cc1.